The zero-order valence-corrected chi connectivity index (χ0v) is 14.3. The summed E-state index contributed by atoms with van der Waals surface area (Å²) in [5.74, 6) is -0.282. The number of benzene rings is 1. The van der Waals surface area contributed by atoms with Gasteiger partial charge in [0, 0.05) is 31.0 Å². The van der Waals surface area contributed by atoms with Crippen LogP contribution in [0.4, 0.5) is 8.78 Å². The van der Waals surface area contributed by atoms with Gasteiger partial charge >= 0.3 is 0 Å². The lowest BCUT2D eigenvalue weighted by atomic mass is 10.3. The number of likely N-dealkylation sites (N-methyl/N-ethyl adjacent to an activating group) is 1. The Morgan fingerprint density at radius 1 is 1.36 bits per heavy atom. The summed E-state index contributed by atoms with van der Waals surface area (Å²) in [6.45, 7) is 0.916. The van der Waals surface area contributed by atoms with E-state index in [1.807, 2.05) is 19.0 Å². The quantitative estimate of drug-likeness (QED) is 0.833. The van der Waals surface area contributed by atoms with Gasteiger partial charge in [-0.1, -0.05) is 0 Å². The Bertz CT molecular complexity index is 623. The minimum Gasteiger partial charge on any atom is -0.308 e. The summed E-state index contributed by atoms with van der Waals surface area (Å²) in [4.78, 5) is 1.46. The Balaban J connectivity index is 2.39. The second kappa shape index (κ2) is 7.25. The van der Waals surface area contributed by atoms with E-state index in [0.717, 1.165) is 24.3 Å². The first-order valence-corrected chi connectivity index (χ1v) is 9.61. The predicted octanol–water partition coefficient (Wildman–Crippen LogP) is 2.02. The van der Waals surface area contributed by atoms with Gasteiger partial charge in [0.1, 0.15) is 16.5 Å². The number of hydrogen-bond donors (Lipinski definition) is 0. The van der Waals surface area contributed by atoms with Gasteiger partial charge in [-0.15, -0.1) is 0 Å². The summed E-state index contributed by atoms with van der Waals surface area (Å²) >= 11 is 1.70. The highest BCUT2D eigenvalue weighted by Gasteiger charge is 2.34. The van der Waals surface area contributed by atoms with Crippen molar-refractivity contribution in [3.8, 4) is 0 Å². The Morgan fingerprint density at radius 2 is 2.09 bits per heavy atom. The first-order valence-electron chi connectivity index (χ1n) is 7.01. The van der Waals surface area contributed by atoms with Crippen molar-refractivity contribution in [2.45, 2.75) is 17.4 Å². The fraction of sp³-hybridized carbons (Fsp3) is 0.571. The first-order chi connectivity index (χ1) is 10.3. The highest BCUT2D eigenvalue weighted by molar-refractivity contribution is 7.99. The number of sulfonamides is 1. The van der Waals surface area contributed by atoms with Crippen LogP contribution < -0.4 is 0 Å². The Kier molecular flexibility index (Phi) is 5.81. The maximum atomic E-state index is 13.9. The second-order valence-electron chi connectivity index (χ2n) is 5.54. The fourth-order valence-corrected chi connectivity index (χ4v) is 5.35. The summed E-state index contributed by atoms with van der Waals surface area (Å²) in [7, 11) is -0.228. The maximum Gasteiger partial charge on any atom is 0.246 e. The lowest BCUT2D eigenvalue weighted by Gasteiger charge is -2.30. The monoisotopic (exact) mass is 350 g/mol. The van der Waals surface area contributed by atoms with E-state index in [2.05, 4.69) is 0 Å². The molecule has 1 atom stereocenters. The molecule has 1 heterocycles. The van der Waals surface area contributed by atoms with E-state index in [1.54, 1.807) is 11.8 Å². The SMILES string of the molecule is CN(C)CC1CSCCCN1S(=O)(=O)c1ccc(F)cc1F. The van der Waals surface area contributed by atoms with E-state index in [1.165, 1.54) is 4.31 Å². The largest absolute Gasteiger partial charge is 0.308 e. The molecular weight excluding hydrogens is 330 g/mol. The van der Waals surface area contributed by atoms with Crippen LogP contribution in [0.5, 0.6) is 0 Å². The summed E-state index contributed by atoms with van der Waals surface area (Å²) < 4.78 is 53.9. The van der Waals surface area contributed by atoms with E-state index in [9.17, 15) is 17.2 Å². The summed E-state index contributed by atoms with van der Waals surface area (Å²) in [5, 5.41) is 0. The van der Waals surface area contributed by atoms with Gasteiger partial charge in [0.15, 0.2) is 0 Å². The van der Waals surface area contributed by atoms with Crippen molar-refractivity contribution in [3.63, 3.8) is 0 Å². The molecule has 8 heteroatoms. The number of rotatable bonds is 4. The Labute approximate surface area is 134 Å². The van der Waals surface area contributed by atoms with E-state index >= 15 is 0 Å². The molecule has 0 N–H and O–H groups in total. The molecule has 1 aliphatic heterocycles. The number of halogens is 2. The van der Waals surface area contributed by atoms with Crippen molar-refractivity contribution in [2.24, 2.45) is 0 Å². The van der Waals surface area contributed by atoms with Crippen LogP contribution in [0.2, 0.25) is 0 Å². The molecule has 0 aromatic heterocycles. The molecule has 0 bridgehead atoms. The fourth-order valence-electron chi connectivity index (χ4n) is 2.50. The molecule has 0 amide bonds. The summed E-state index contributed by atoms with van der Waals surface area (Å²) in [5.41, 5.74) is 0. The van der Waals surface area contributed by atoms with Gasteiger partial charge in [-0.05, 0) is 38.4 Å². The van der Waals surface area contributed by atoms with Gasteiger partial charge in [0.05, 0.1) is 0 Å². The Hall–Kier alpha value is -0.700. The molecule has 1 aromatic rings. The molecule has 1 saturated heterocycles. The van der Waals surface area contributed by atoms with Gasteiger partial charge in [-0.2, -0.15) is 16.1 Å². The van der Waals surface area contributed by atoms with Gasteiger partial charge in [0.2, 0.25) is 10.0 Å². The van der Waals surface area contributed by atoms with Gasteiger partial charge < -0.3 is 4.90 Å². The third-order valence-corrected chi connectivity index (χ3v) is 6.62. The zero-order chi connectivity index (χ0) is 16.3. The van der Waals surface area contributed by atoms with Gasteiger partial charge in [-0.3, -0.25) is 0 Å². The van der Waals surface area contributed by atoms with Crippen LogP contribution in [0.3, 0.4) is 0 Å². The Morgan fingerprint density at radius 3 is 2.73 bits per heavy atom. The molecule has 1 aliphatic rings. The van der Waals surface area contributed by atoms with Crippen LogP contribution in [0, 0.1) is 11.6 Å². The molecular formula is C14H20F2N2O2S2. The number of thioether (sulfide) groups is 1. The maximum absolute atomic E-state index is 13.9. The van der Waals surface area contributed by atoms with Crippen molar-refractivity contribution in [2.75, 3.05) is 38.7 Å². The lowest BCUT2D eigenvalue weighted by Crippen LogP contribution is -2.46. The molecule has 0 spiro atoms. The molecule has 0 radical (unpaired) electrons. The van der Waals surface area contributed by atoms with Crippen LogP contribution in [0.15, 0.2) is 23.1 Å². The van der Waals surface area contributed by atoms with Crippen LogP contribution in [0.1, 0.15) is 6.42 Å². The molecule has 2 rings (SSSR count). The second-order valence-corrected chi connectivity index (χ2v) is 8.54. The molecule has 22 heavy (non-hydrogen) atoms. The van der Waals surface area contributed by atoms with Crippen molar-refractivity contribution < 1.29 is 17.2 Å². The summed E-state index contributed by atoms with van der Waals surface area (Å²) in [6, 6.07) is 2.37. The van der Waals surface area contributed by atoms with Crippen molar-refractivity contribution >= 4 is 21.8 Å². The minimum absolute atomic E-state index is 0.225. The highest BCUT2D eigenvalue weighted by Crippen LogP contribution is 2.26. The van der Waals surface area contributed by atoms with Gasteiger partial charge in [-0.25, -0.2) is 17.2 Å². The summed E-state index contributed by atoms with van der Waals surface area (Å²) in [6.07, 6.45) is 0.719. The molecule has 1 fully saturated rings. The average molecular weight is 350 g/mol. The number of hydrogen-bond acceptors (Lipinski definition) is 4. The first kappa shape index (κ1) is 17.7. The normalized spacial score (nSPS) is 21.0. The van der Waals surface area contributed by atoms with Crippen molar-refractivity contribution in [3.05, 3.63) is 29.8 Å². The highest BCUT2D eigenvalue weighted by atomic mass is 32.2. The number of nitrogens with zero attached hydrogens (tertiary/aromatic N) is 2. The van der Waals surface area contributed by atoms with E-state index in [-0.39, 0.29) is 6.04 Å². The topological polar surface area (TPSA) is 40.6 Å². The smallest absolute Gasteiger partial charge is 0.246 e. The minimum atomic E-state index is -3.98. The van der Waals surface area contributed by atoms with E-state index < -0.39 is 26.6 Å². The lowest BCUT2D eigenvalue weighted by molar-refractivity contribution is 0.270. The molecule has 0 saturated carbocycles. The zero-order valence-electron chi connectivity index (χ0n) is 12.6. The average Bonchev–Trinajstić information content (AvgIpc) is 2.63. The molecule has 1 unspecified atom stereocenters. The van der Waals surface area contributed by atoms with Crippen LogP contribution >= 0.6 is 11.8 Å². The third kappa shape index (κ3) is 3.98. The van der Waals surface area contributed by atoms with E-state index in [4.69, 9.17) is 0 Å². The molecule has 124 valence electrons. The van der Waals surface area contributed by atoms with E-state index in [0.29, 0.717) is 24.9 Å². The van der Waals surface area contributed by atoms with Crippen LogP contribution in [-0.4, -0.2) is 62.4 Å². The standard InChI is InChI=1S/C14H20F2N2O2S2/c1-17(2)9-12-10-21-7-3-6-18(12)22(19,20)14-5-4-11(15)8-13(14)16/h4-5,8,12H,3,6-7,9-10H2,1-2H3. The predicted molar refractivity (Wildman–Crippen MR) is 84.5 cm³/mol. The van der Waals surface area contributed by atoms with Gasteiger partial charge in [0.25, 0.3) is 0 Å². The van der Waals surface area contributed by atoms with Crippen molar-refractivity contribution in [1.29, 1.82) is 0 Å². The van der Waals surface area contributed by atoms with Crippen molar-refractivity contribution in [1.82, 2.24) is 9.21 Å². The molecule has 0 aliphatic carbocycles. The molecule has 4 nitrogen and oxygen atoms in total. The molecule has 1 aromatic carbocycles. The van der Waals surface area contributed by atoms with Crippen LogP contribution in [-0.2, 0) is 10.0 Å². The van der Waals surface area contributed by atoms with Crippen LogP contribution in [0.25, 0.3) is 0 Å². The third-order valence-electron chi connectivity index (χ3n) is 3.44.